The van der Waals surface area contributed by atoms with Crippen LogP contribution in [0.25, 0.3) is 0 Å². The highest BCUT2D eigenvalue weighted by Gasteiger charge is 2.12. The number of phenols is 2. The fraction of sp³-hybridized carbons (Fsp3) is 0.429. The molecule has 6 nitrogen and oxygen atoms in total. The number of aromatic hydroxyl groups is 2. The van der Waals surface area contributed by atoms with Gasteiger partial charge < -0.3 is 21.3 Å². The van der Waals surface area contributed by atoms with Gasteiger partial charge in [-0.2, -0.15) is 0 Å². The fourth-order valence-corrected chi connectivity index (χ4v) is 2.06. The van der Waals surface area contributed by atoms with Gasteiger partial charge in [-0.1, -0.05) is 12.1 Å². The molecule has 1 aromatic rings. The minimum atomic E-state index is -0.104. The van der Waals surface area contributed by atoms with Crippen LogP contribution in [0.1, 0.15) is 18.9 Å². The number of benzene rings is 1. The number of hydrogen-bond acceptors (Lipinski definition) is 5. The number of amidine groups is 2. The van der Waals surface area contributed by atoms with Gasteiger partial charge in [0, 0.05) is 12.6 Å². The van der Waals surface area contributed by atoms with Gasteiger partial charge in [-0.05, 0) is 25.0 Å². The minimum Gasteiger partial charge on any atom is -0.504 e. The summed E-state index contributed by atoms with van der Waals surface area (Å²) in [5, 5.41) is 22.4. The van der Waals surface area contributed by atoms with E-state index in [1.54, 1.807) is 12.1 Å². The second-order valence-corrected chi connectivity index (χ2v) is 4.92. The zero-order chi connectivity index (χ0) is 14.5. The number of hydrogen-bond donors (Lipinski definition) is 4. The lowest BCUT2D eigenvalue weighted by atomic mass is 10.1. The summed E-state index contributed by atoms with van der Waals surface area (Å²) < 4.78 is 0. The van der Waals surface area contributed by atoms with Gasteiger partial charge in [-0.25, -0.2) is 0 Å². The van der Waals surface area contributed by atoms with Gasteiger partial charge in [0.15, 0.2) is 11.5 Å². The highest BCUT2D eigenvalue weighted by Crippen LogP contribution is 2.28. The molecule has 0 aromatic heterocycles. The number of phenolic OH excluding ortho intramolecular Hbond substituents is 2. The van der Waals surface area contributed by atoms with Gasteiger partial charge >= 0.3 is 0 Å². The topological polar surface area (TPSA) is 103 Å². The number of nitrogens with two attached hydrogens (primary N) is 1. The van der Waals surface area contributed by atoms with E-state index in [1.165, 1.54) is 6.07 Å². The minimum absolute atomic E-state index is 0.0732. The van der Waals surface area contributed by atoms with Crippen LogP contribution >= 0.6 is 0 Å². The molecule has 0 saturated carbocycles. The van der Waals surface area contributed by atoms with Crippen molar-refractivity contribution in [3.63, 3.8) is 0 Å². The van der Waals surface area contributed by atoms with Crippen LogP contribution in [0.2, 0.25) is 0 Å². The van der Waals surface area contributed by atoms with E-state index >= 15 is 0 Å². The zero-order valence-corrected chi connectivity index (χ0v) is 11.5. The SMILES string of the molecule is CC1CN=C(N)CC(=NCCc2cccc(O)c2O)N1. The number of rotatable bonds is 3. The van der Waals surface area contributed by atoms with Gasteiger partial charge in [0.25, 0.3) is 0 Å². The van der Waals surface area contributed by atoms with Crippen LogP contribution in [0, 0.1) is 0 Å². The third-order valence-corrected chi connectivity index (χ3v) is 3.11. The van der Waals surface area contributed by atoms with E-state index in [0.29, 0.717) is 37.3 Å². The first-order chi connectivity index (χ1) is 9.56. The molecule has 108 valence electrons. The van der Waals surface area contributed by atoms with Crippen LogP contribution in [-0.2, 0) is 6.42 Å². The monoisotopic (exact) mass is 276 g/mol. The zero-order valence-electron chi connectivity index (χ0n) is 11.5. The predicted molar refractivity (Wildman–Crippen MR) is 79.5 cm³/mol. The van der Waals surface area contributed by atoms with E-state index in [4.69, 9.17) is 5.73 Å². The predicted octanol–water partition coefficient (Wildman–Crippen LogP) is 0.778. The maximum absolute atomic E-state index is 9.71. The van der Waals surface area contributed by atoms with Crippen molar-refractivity contribution in [2.75, 3.05) is 13.1 Å². The Hall–Kier alpha value is -2.24. The quantitative estimate of drug-likeness (QED) is 0.612. The Kier molecular flexibility index (Phi) is 4.45. The third kappa shape index (κ3) is 3.63. The largest absolute Gasteiger partial charge is 0.504 e. The highest BCUT2D eigenvalue weighted by molar-refractivity contribution is 6.02. The Morgan fingerprint density at radius 3 is 3.05 bits per heavy atom. The maximum atomic E-state index is 9.71. The van der Waals surface area contributed by atoms with Crippen molar-refractivity contribution in [3.05, 3.63) is 23.8 Å². The maximum Gasteiger partial charge on any atom is 0.160 e. The Labute approximate surface area is 118 Å². The van der Waals surface area contributed by atoms with Gasteiger partial charge in [0.2, 0.25) is 0 Å². The van der Waals surface area contributed by atoms with Crippen molar-refractivity contribution in [2.45, 2.75) is 25.8 Å². The molecule has 0 aliphatic carbocycles. The first-order valence-electron chi connectivity index (χ1n) is 6.64. The molecular weight excluding hydrogens is 256 g/mol. The summed E-state index contributed by atoms with van der Waals surface area (Å²) in [4.78, 5) is 8.69. The molecule has 1 unspecified atom stereocenters. The molecule has 0 radical (unpaired) electrons. The average Bonchev–Trinajstić information content (AvgIpc) is 2.56. The number of nitrogens with zero attached hydrogens (tertiary/aromatic N) is 2. The Balaban J connectivity index is 1.99. The molecule has 0 saturated heterocycles. The molecule has 0 fully saturated rings. The first kappa shape index (κ1) is 14.2. The molecular formula is C14H20N4O2. The lowest BCUT2D eigenvalue weighted by molar-refractivity contribution is 0.399. The van der Waals surface area contributed by atoms with Crippen molar-refractivity contribution >= 4 is 11.7 Å². The van der Waals surface area contributed by atoms with Gasteiger partial charge in [0.05, 0.1) is 13.0 Å². The van der Waals surface area contributed by atoms with Crippen LogP contribution in [-0.4, -0.2) is 41.0 Å². The van der Waals surface area contributed by atoms with Gasteiger partial charge in [-0.3, -0.25) is 9.98 Å². The van der Waals surface area contributed by atoms with Crippen molar-refractivity contribution in [2.24, 2.45) is 15.7 Å². The number of nitrogens with one attached hydrogen (secondary N) is 1. The van der Waals surface area contributed by atoms with Crippen molar-refractivity contribution in [1.82, 2.24) is 5.32 Å². The van der Waals surface area contributed by atoms with Crippen LogP contribution in [0.5, 0.6) is 11.5 Å². The van der Waals surface area contributed by atoms with Crippen LogP contribution in [0.4, 0.5) is 0 Å². The lowest BCUT2D eigenvalue weighted by Gasteiger charge is -2.11. The van der Waals surface area contributed by atoms with E-state index < -0.39 is 0 Å². The van der Waals surface area contributed by atoms with Gasteiger partial charge in [0.1, 0.15) is 11.7 Å². The molecule has 0 spiro atoms. The van der Waals surface area contributed by atoms with Gasteiger partial charge in [-0.15, -0.1) is 0 Å². The Bertz CT molecular complexity index is 540. The molecule has 0 amide bonds. The molecule has 0 bridgehead atoms. The van der Waals surface area contributed by atoms with Crippen molar-refractivity contribution < 1.29 is 10.2 Å². The van der Waals surface area contributed by atoms with E-state index in [9.17, 15) is 10.2 Å². The van der Waals surface area contributed by atoms with E-state index in [2.05, 4.69) is 15.3 Å². The number of aliphatic imine (C=N–C) groups is 2. The van der Waals surface area contributed by atoms with Crippen molar-refractivity contribution in [3.8, 4) is 11.5 Å². The molecule has 1 aromatic carbocycles. The molecule has 6 heteroatoms. The highest BCUT2D eigenvalue weighted by atomic mass is 16.3. The molecule has 1 aliphatic rings. The summed E-state index contributed by atoms with van der Waals surface area (Å²) in [7, 11) is 0. The van der Waals surface area contributed by atoms with Crippen LogP contribution < -0.4 is 11.1 Å². The first-order valence-corrected chi connectivity index (χ1v) is 6.64. The Morgan fingerprint density at radius 1 is 1.45 bits per heavy atom. The summed E-state index contributed by atoms with van der Waals surface area (Å²) in [5.74, 6) is 1.22. The standard InChI is InChI=1S/C14H20N4O2/c1-9-8-17-12(15)7-13(18-9)16-6-5-10-3-2-4-11(19)14(10)20/h2-4,9,19-20H,5-8H2,1H3,(H2,15,17)(H,16,18). The summed E-state index contributed by atoms with van der Waals surface area (Å²) in [6, 6.07) is 5.14. The molecule has 1 heterocycles. The molecule has 1 aliphatic heterocycles. The Morgan fingerprint density at radius 2 is 2.25 bits per heavy atom. The normalized spacial score (nSPS) is 21.1. The third-order valence-electron chi connectivity index (χ3n) is 3.11. The average molecular weight is 276 g/mol. The van der Waals surface area contributed by atoms with E-state index in [0.717, 1.165) is 5.84 Å². The number of para-hydroxylation sites is 1. The van der Waals surface area contributed by atoms with E-state index in [1.807, 2.05) is 6.92 Å². The fourth-order valence-electron chi connectivity index (χ4n) is 2.06. The molecule has 5 N–H and O–H groups in total. The van der Waals surface area contributed by atoms with Crippen LogP contribution in [0.3, 0.4) is 0 Å². The summed E-state index contributed by atoms with van der Waals surface area (Å²) >= 11 is 0. The smallest absolute Gasteiger partial charge is 0.160 e. The van der Waals surface area contributed by atoms with Crippen LogP contribution in [0.15, 0.2) is 28.2 Å². The second kappa shape index (κ2) is 6.27. The molecule has 1 atom stereocenters. The summed E-state index contributed by atoms with van der Waals surface area (Å²) in [6.45, 7) is 3.19. The van der Waals surface area contributed by atoms with Crippen molar-refractivity contribution in [1.29, 1.82) is 0 Å². The molecule has 20 heavy (non-hydrogen) atoms. The lowest BCUT2D eigenvalue weighted by Crippen LogP contribution is -2.34. The second-order valence-electron chi connectivity index (χ2n) is 4.92. The van der Waals surface area contributed by atoms with E-state index in [-0.39, 0.29) is 17.5 Å². The molecule has 2 rings (SSSR count). The summed E-state index contributed by atoms with van der Waals surface area (Å²) in [5.41, 5.74) is 6.45. The summed E-state index contributed by atoms with van der Waals surface area (Å²) in [6.07, 6.45) is 1.08.